The molecule has 0 spiro atoms. The van der Waals surface area contributed by atoms with Gasteiger partial charge < -0.3 is 16.0 Å². The third-order valence-electron chi connectivity index (χ3n) is 5.51. The molecule has 0 aliphatic heterocycles. The van der Waals surface area contributed by atoms with Crippen LogP contribution in [0.5, 0.6) is 0 Å². The van der Waals surface area contributed by atoms with Crippen molar-refractivity contribution in [1.82, 2.24) is 19.9 Å². The molecule has 3 rings (SSSR count). The molecular weight excluding hydrogens is 454 g/mol. The van der Waals surface area contributed by atoms with Crippen molar-refractivity contribution in [2.75, 3.05) is 31.6 Å². The Morgan fingerprint density at radius 3 is 2.59 bits per heavy atom. The number of nitrogens with one attached hydrogen (secondary N) is 3. The lowest BCUT2D eigenvalue weighted by atomic mass is 9.98. The Hall–Kier alpha value is -2.47. The zero-order valence-corrected chi connectivity index (χ0v) is 19.6. The Balaban J connectivity index is 1.89. The number of amides is 1. The van der Waals surface area contributed by atoms with Crippen LogP contribution in [0.3, 0.4) is 0 Å². The third kappa shape index (κ3) is 5.12. The van der Waals surface area contributed by atoms with Crippen LogP contribution >= 0.6 is 11.8 Å². The molecule has 1 saturated carbocycles. The Labute approximate surface area is 192 Å². The number of halogens is 1. The molecule has 32 heavy (non-hydrogen) atoms. The lowest BCUT2D eigenvalue weighted by Gasteiger charge is -2.29. The minimum atomic E-state index is -3.99. The molecular formula is C20H28ClN7O3S. The van der Waals surface area contributed by atoms with Crippen LogP contribution in [0.2, 0.25) is 0 Å². The van der Waals surface area contributed by atoms with Gasteiger partial charge in [0.15, 0.2) is 0 Å². The smallest absolute Gasteiger partial charge is 0.241 e. The summed E-state index contributed by atoms with van der Waals surface area (Å²) in [5.74, 6) is -0.688. The van der Waals surface area contributed by atoms with Crippen molar-refractivity contribution in [1.29, 1.82) is 5.41 Å². The summed E-state index contributed by atoms with van der Waals surface area (Å²) in [6.45, 7) is 1.09. The molecule has 0 saturated heterocycles. The van der Waals surface area contributed by atoms with Gasteiger partial charge in [-0.25, -0.2) is 12.8 Å². The lowest BCUT2D eigenvalue weighted by Crippen LogP contribution is -2.57. The van der Waals surface area contributed by atoms with Crippen LogP contribution in [-0.4, -0.2) is 62.9 Å². The van der Waals surface area contributed by atoms with Gasteiger partial charge in [-0.15, -0.1) is 0 Å². The van der Waals surface area contributed by atoms with E-state index in [1.165, 1.54) is 24.5 Å². The maximum Gasteiger partial charge on any atom is 0.241 e. The molecule has 1 amide bonds. The summed E-state index contributed by atoms with van der Waals surface area (Å²) in [5.41, 5.74) is 4.64. The van der Waals surface area contributed by atoms with E-state index in [-0.39, 0.29) is 16.8 Å². The standard InChI is InChI=1S/C20H28ClN7O3S/c1-27(2)10-9-25-18(29)20(7-3-4-8-20)26-32(30,31)15-5-6-16-14(11-15)12-24-13-17(16)28(21)19(22)23/h5-6,11-13,26H,3-4,7-10H2,1-2H3,(H3,22,23)(H,25,29). The highest BCUT2D eigenvalue weighted by molar-refractivity contribution is 7.89. The fourth-order valence-electron chi connectivity index (χ4n) is 3.82. The summed E-state index contributed by atoms with van der Waals surface area (Å²) >= 11 is 6.04. The molecule has 1 aliphatic carbocycles. The number of nitrogens with two attached hydrogens (primary N) is 1. The molecule has 0 unspecified atom stereocenters. The summed E-state index contributed by atoms with van der Waals surface area (Å²) in [6.07, 6.45) is 5.37. The summed E-state index contributed by atoms with van der Waals surface area (Å²) in [5, 5.41) is 11.5. The molecule has 1 aromatic heterocycles. The molecule has 10 nitrogen and oxygen atoms in total. The second kappa shape index (κ2) is 9.57. The van der Waals surface area contributed by atoms with Gasteiger partial charge in [-0.3, -0.25) is 15.2 Å². The van der Waals surface area contributed by atoms with Gasteiger partial charge in [0.05, 0.1) is 16.8 Å². The number of fused-ring (bicyclic) bond motifs is 1. The quantitative estimate of drug-likeness (QED) is 0.253. The van der Waals surface area contributed by atoms with Crippen molar-refractivity contribution >= 4 is 50.1 Å². The number of carbonyl (C=O) groups excluding carboxylic acids is 1. The molecule has 0 atom stereocenters. The van der Waals surface area contributed by atoms with Gasteiger partial charge in [0.1, 0.15) is 5.54 Å². The van der Waals surface area contributed by atoms with Crippen molar-refractivity contribution in [3.63, 3.8) is 0 Å². The molecule has 0 radical (unpaired) electrons. The highest BCUT2D eigenvalue weighted by Crippen LogP contribution is 2.33. The first-order chi connectivity index (χ1) is 15.1. The van der Waals surface area contributed by atoms with Crippen molar-refractivity contribution in [2.45, 2.75) is 36.1 Å². The summed E-state index contributed by atoms with van der Waals surface area (Å²) in [6, 6.07) is 4.48. The van der Waals surface area contributed by atoms with Gasteiger partial charge in [0.25, 0.3) is 0 Å². The lowest BCUT2D eigenvalue weighted by molar-refractivity contribution is -0.126. The molecule has 174 valence electrons. The molecule has 1 fully saturated rings. The van der Waals surface area contributed by atoms with Gasteiger partial charge >= 0.3 is 0 Å². The third-order valence-corrected chi connectivity index (χ3v) is 7.41. The number of hydrogen-bond donors (Lipinski definition) is 4. The number of rotatable bonds is 8. The normalized spacial score (nSPS) is 15.8. The van der Waals surface area contributed by atoms with Gasteiger partial charge in [0, 0.05) is 41.8 Å². The fraction of sp³-hybridized carbons (Fsp3) is 0.450. The van der Waals surface area contributed by atoms with Crippen LogP contribution < -0.4 is 20.2 Å². The number of anilines is 1. The number of aromatic nitrogens is 1. The van der Waals surface area contributed by atoms with E-state index in [9.17, 15) is 13.2 Å². The average molecular weight is 482 g/mol. The van der Waals surface area contributed by atoms with E-state index in [0.29, 0.717) is 42.4 Å². The first-order valence-electron chi connectivity index (χ1n) is 10.2. The number of benzene rings is 1. The largest absolute Gasteiger partial charge is 0.369 e. The summed E-state index contributed by atoms with van der Waals surface area (Å²) in [7, 11) is -0.186. The van der Waals surface area contributed by atoms with Crippen LogP contribution in [0.25, 0.3) is 10.8 Å². The number of nitrogens with zero attached hydrogens (tertiary/aromatic N) is 3. The van der Waals surface area contributed by atoms with Crippen LogP contribution in [0.4, 0.5) is 5.69 Å². The van der Waals surface area contributed by atoms with E-state index in [1.807, 2.05) is 19.0 Å². The molecule has 1 aromatic carbocycles. The van der Waals surface area contributed by atoms with Crippen LogP contribution in [0, 0.1) is 5.41 Å². The number of pyridine rings is 1. The fourth-order valence-corrected chi connectivity index (χ4v) is 5.42. The van der Waals surface area contributed by atoms with E-state index >= 15 is 0 Å². The molecule has 0 bridgehead atoms. The zero-order chi connectivity index (χ0) is 23.5. The molecule has 2 aromatic rings. The topological polar surface area (TPSA) is 145 Å². The van der Waals surface area contributed by atoms with E-state index in [1.54, 1.807) is 6.07 Å². The van der Waals surface area contributed by atoms with Crippen molar-refractivity contribution in [3.05, 3.63) is 30.6 Å². The Morgan fingerprint density at radius 2 is 1.97 bits per heavy atom. The van der Waals surface area contributed by atoms with Crippen LogP contribution in [0.1, 0.15) is 25.7 Å². The van der Waals surface area contributed by atoms with E-state index in [0.717, 1.165) is 17.3 Å². The van der Waals surface area contributed by atoms with E-state index in [4.69, 9.17) is 22.9 Å². The first-order valence-corrected chi connectivity index (χ1v) is 12.0. The van der Waals surface area contributed by atoms with E-state index < -0.39 is 15.6 Å². The number of sulfonamides is 1. The van der Waals surface area contributed by atoms with Crippen LogP contribution in [-0.2, 0) is 14.8 Å². The van der Waals surface area contributed by atoms with Gasteiger partial charge in [-0.2, -0.15) is 4.72 Å². The SMILES string of the molecule is CN(C)CCNC(=O)C1(NS(=O)(=O)c2ccc3c(N(Cl)C(=N)N)cncc3c2)CCCC1. The van der Waals surface area contributed by atoms with Gasteiger partial charge in [-0.05, 0) is 39.1 Å². The Bertz CT molecular complexity index is 1120. The van der Waals surface area contributed by atoms with Crippen molar-refractivity contribution < 1.29 is 13.2 Å². The predicted molar refractivity (Wildman–Crippen MR) is 125 cm³/mol. The second-order valence-electron chi connectivity index (χ2n) is 8.16. The minimum Gasteiger partial charge on any atom is -0.369 e. The predicted octanol–water partition coefficient (Wildman–Crippen LogP) is 1.36. The number of guanidine groups is 1. The Morgan fingerprint density at radius 1 is 1.28 bits per heavy atom. The number of likely N-dealkylation sites (N-methyl/N-ethyl adjacent to an activating group) is 1. The average Bonchev–Trinajstić information content (AvgIpc) is 3.21. The van der Waals surface area contributed by atoms with E-state index in [2.05, 4.69) is 15.0 Å². The van der Waals surface area contributed by atoms with Gasteiger partial charge in [0.2, 0.25) is 21.9 Å². The maximum atomic E-state index is 13.2. The highest BCUT2D eigenvalue weighted by atomic mass is 35.5. The molecule has 5 N–H and O–H groups in total. The van der Waals surface area contributed by atoms with Crippen LogP contribution in [0.15, 0.2) is 35.5 Å². The van der Waals surface area contributed by atoms with Crippen molar-refractivity contribution in [2.24, 2.45) is 5.73 Å². The molecule has 1 aliphatic rings. The number of hydrogen-bond acceptors (Lipinski definition) is 6. The molecule has 12 heteroatoms. The highest BCUT2D eigenvalue weighted by Gasteiger charge is 2.44. The summed E-state index contributed by atoms with van der Waals surface area (Å²) in [4.78, 5) is 19.0. The molecule has 1 heterocycles. The summed E-state index contributed by atoms with van der Waals surface area (Å²) < 4.78 is 30.1. The maximum absolute atomic E-state index is 13.2. The Kier molecular flexibility index (Phi) is 7.23. The van der Waals surface area contributed by atoms with Crippen molar-refractivity contribution in [3.8, 4) is 0 Å². The zero-order valence-electron chi connectivity index (χ0n) is 18.1. The monoisotopic (exact) mass is 481 g/mol. The number of carbonyl (C=O) groups is 1. The second-order valence-corrected chi connectivity index (χ2v) is 10.2. The first kappa shape index (κ1) is 24.2. The van der Waals surface area contributed by atoms with Gasteiger partial charge in [-0.1, -0.05) is 18.9 Å². The minimum absolute atomic E-state index is 0.0141.